The molecule has 5 heteroatoms. The van der Waals surface area contributed by atoms with E-state index in [0.717, 1.165) is 21.8 Å². The molecule has 0 saturated carbocycles. The number of carbonyl (C=O) groups excluding carboxylic acids is 1. The molecule has 3 aromatic rings. The highest BCUT2D eigenvalue weighted by molar-refractivity contribution is 7.17. The summed E-state index contributed by atoms with van der Waals surface area (Å²) in [4.78, 5) is 17.5. The number of nitrogens with zero attached hydrogens (tertiary/aromatic N) is 1. The van der Waals surface area contributed by atoms with Crippen LogP contribution in [0.5, 0.6) is 0 Å². The van der Waals surface area contributed by atoms with Gasteiger partial charge in [-0.05, 0) is 30.9 Å². The zero-order valence-electron chi connectivity index (χ0n) is 12.4. The molecule has 2 heterocycles. The fraction of sp³-hybridized carbons (Fsp3) is 0.176. The van der Waals surface area contributed by atoms with Crippen molar-refractivity contribution in [2.24, 2.45) is 0 Å². The smallest absolute Gasteiger partial charge is 0.263 e. The molecule has 0 bridgehead atoms. The van der Waals surface area contributed by atoms with Crippen LogP contribution in [0.1, 0.15) is 26.5 Å². The Morgan fingerprint density at radius 1 is 1.18 bits per heavy atom. The third kappa shape index (κ3) is 3.26. The molecule has 22 heavy (non-hydrogen) atoms. The standard InChI is InChI=1S/C17H16N2OS2/c1-11-3-5-13(6-4-11)9-18-16(20)15-12(2)19-17(22-15)14-7-8-21-10-14/h3-8,10H,9H2,1-2H3,(H,18,20). The molecular weight excluding hydrogens is 312 g/mol. The zero-order valence-corrected chi connectivity index (χ0v) is 14.1. The molecule has 0 aliphatic heterocycles. The maximum absolute atomic E-state index is 12.4. The molecule has 0 spiro atoms. The average Bonchev–Trinajstić information content (AvgIpc) is 3.15. The van der Waals surface area contributed by atoms with E-state index in [2.05, 4.69) is 17.2 Å². The van der Waals surface area contributed by atoms with Gasteiger partial charge in [0.25, 0.3) is 5.91 Å². The van der Waals surface area contributed by atoms with Gasteiger partial charge in [0.1, 0.15) is 9.88 Å². The maximum Gasteiger partial charge on any atom is 0.263 e. The summed E-state index contributed by atoms with van der Waals surface area (Å²) in [6.07, 6.45) is 0. The lowest BCUT2D eigenvalue weighted by atomic mass is 10.1. The molecule has 112 valence electrons. The van der Waals surface area contributed by atoms with Crippen molar-refractivity contribution in [3.8, 4) is 10.6 Å². The maximum atomic E-state index is 12.4. The minimum absolute atomic E-state index is 0.0583. The molecule has 0 atom stereocenters. The predicted octanol–water partition coefficient (Wildman–Crippen LogP) is 4.42. The first-order chi connectivity index (χ1) is 10.6. The van der Waals surface area contributed by atoms with Gasteiger partial charge in [0.05, 0.1) is 5.69 Å². The molecule has 1 N–H and O–H groups in total. The monoisotopic (exact) mass is 328 g/mol. The fourth-order valence-electron chi connectivity index (χ4n) is 2.09. The summed E-state index contributed by atoms with van der Waals surface area (Å²) in [5.41, 5.74) is 4.18. The van der Waals surface area contributed by atoms with Crippen molar-refractivity contribution >= 4 is 28.6 Å². The second-order valence-electron chi connectivity index (χ2n) is 5.11. The van der Waals surface area contributed by atoms with Gasteiger partial charge in [0.15, 0.2) is 0 Å². The van der Waals surface area contributed by atoms with Crippen LogP contribution in [0.4, 0.5) is 0 Å². The minimum Gasteiger partial charge on any atom is -0.347 e. The number of benzene rings is 1. The molecule has 3 nitrogen and oxygen atoms in total. The SMILES string of the molecule is Cc1ccc(CNC(=O)c2sc(-c3ccsc3)nc2C)cc1. The van der Waals surface area contributed by atoms with Gasteiger partial charge in [0, 0.05) is 17.5 Å². The number of amides is 1. The average molecular weight is 328 g/mol. The molecule has 2 aromatic heterocycles. The molecule has 3 rings (SSSR count). The van der Waals surface area contributed by atoms with Crippen LogP contribution in [0.3, 0.4) is 0 Å². The van der Waals surface area contributed by atoms with Crippen molar-refractivity contribution in [3.05, 3.63) is 62.8 Å². The summed E-state index contributed by atoms with van der Waals surface area (Å²) in [7, 11) is 0. The van der Waals surface area contributed by atoms with E-state index in [4.69, 9.17) is 0 Å². The van der Waals surface area contributed by atoms with Crippen molar-refractivity contribution < 1.29 is 4.79 Å². The van der Waals surface area contributed by atoms with E-state index in [1.54, 1.807) is 11.3 Å². The molecule has 1 amide bonds. The second kappa shape index (κ2) is 6.42. The Morgan fingerprint density at radius 3 is 2.64 bits per heavy atom. The lowest BCUT2D eigenvalue weighted by Crippen LogP contribution is -2.22. The molecule has 0 radical (unpaired) electrons. The number of hydrogen-bond donors (Lipinski definition) is 1. The minimum atomic E-state index is -0.0583. The Kier molecular flexibility index (Phi) is 4.36. The molecule has 0 fully saturated rings. The van der Waals surface area contributed by atoms with E-state index >= 15 is 0 Å². The van der Waals surface area contributed by atoms with Crippen LogP contribution in [0.2, 0.25) is 0 Å². The number of thiazole rings is 1. The van der Waals surface area contributed by atoms with E-state index in [9.17, 15) is 4.79 Å². The van der Waals surface area contributed by atoms with E-state index < -0.39 is 0 Å². The number of hydrogen-bond acceptors (Lipinski definition) is 4. The molecule has 0 aliphatic rings. The molecule has 0 saturated heterocycles. The highest BCUT2D eigenvalue weighted by Crippen LogP contribution is 2.29. The van der Waals surface area contributed by atoms with Crippen molar-refractivity contribution in [2.45, 2.75) is 20.4 Å². The van der Waals surface area contributed by atoms with Gasteiger partial charge < -0.3 is 5.32 Å². The van der Waals surface area contributed by atoms with Gasteiger partial charge in [-0.15, -0.1) is 11.3 Å². The summed E-state index contributed by atoms with van der Waals surface area (Å²) in [5, 5.41) is 7.94. The second-order valence-corrected chi connectivity index (χ2v) is 6.89. The van der Waals surface area contributed by atoms with Gasteiger partial charge in [-0.3, -0.25) is 4.79 Å². The molecule has 0 unspecified atom stereocenters. The van der Waals surface area contributed by atoms with E-state index in [1.165, 1.54) is 16.9 Å². The quantitative estimate of drug-likeness (QED) is 0.770. The van der Waals surface area contributed by atoms with Crippen LogP contribution in [0.25, 0.3) is 10.6 Å². The van der Waals surface area contributed by atoms with Gasteiger partial charge in [0.2, 0.25) is 0 Å². The fourth-order valence-corrected chi connectivity index (χ4v) is 3.78. The number of thiophene rings is 1. The van der Waals surface area contributed by atoms with Crippen LogP contribution >= 0.6 is 22.7 Å². The van der Waals surface area contributed by atoms with E-state index in [-0.39, 0.29) is 5.91 Å². The van der Waals surface area contributed by atoms with E-state index in [0.29, 0.717) is 11.4 Å². The lowest BCUT2D eigenvalue weighted by Gasteiger charge is -2.04. The number of rotatable bonds is 4. The molecular formula is C17H16N2OS2. The van der Waals surface area contributed by atoms with Crippen LogP contribution in [-0.2, 0) is 6.54 Å². The van der Waals surface area contributed by atoms with Crippen molar-refractivity contribution in [1.29, 1.82) is 0 Å². The molecule has 1 aromatic carbocycles. The van der Waals surface area contributed by atoms with Gasteiger partial charge in [-0.25, -0.2) is 4.98 Å². The first-order valence-corrected chi connectivity index (χ1v) is 8.73. The zero-order chi connectivity index (χ0) is 15.5. The normalized spacial score (nSPS) is 10.6. The van der Waals surface area contributed by atoms with Crippen molar-refractivity contribution in [1.82, 2.24) is 10.3 Å². The number of nitrogens with one attached hydrogen (secondary N) is 1. The number of aromatic nitrogens is 1. The Balaban J connectivity index is 1.71. The van der Waals surface area contributed by atoms with Crippen LogP contribution in [-0.4, -0.2) is 10.9 Å². The van der Waals surface area contributed by atoms with E-state index in [1.807, 2.05) is 48.0 Å². The Morgan fingerprint density at radius 2 is 1.95 bits per heavy atom. The summed E-state index contributed by atoms with van der Waals surface area (Å²) in [6, 6.07) is 10.2. The van der Waals surface area contributed by atoms with Gasteiger partial charge in [-0.2, -0.15) is 11.3 Å². The Hall–Kier alpha value is -1.98. The summed E-state index contributed by atoms with van der Waals surface area (Å²) in [5.74, 6) is -0.0583. The Bertz CT molecular complexity index is 774. The third-order valence-electron chi connectivity index (χ3n) is 3.34. The summed E-state index contributed by atoms with van der Waals surface area (Å²) in [6.45, 7) is 4.46. The number of aryl methyl sites for hydroxylation is 2. The number of carbonyl (C=O) groups is 1. The van der Waals surface area contributed by atoms with Crippen LogP contribution in [0, 0.1) is 13.8 Å². The van der Waals surface area contributed by atoms with Gasteiger partial charge >= 0.3 is 0 Å². The third-order valence-corrected chi connectivity index (χ3v) is 5.23. The first-order valence-electron chi connectivity index (χ1n) is 6.97. The predicted molar refractivity (Wildman–Crippen MR) is 92.5 cm³/mol. The van der Waals surface area contributed by atoms with Crippen LogP contribution in [0.15, 0.2) is 41.1 Å². The van der Waals surface area contributed by atoms with Gasteiger partial charge in [-0.1, -0.05) is 29.8 Å². The van der Waals surface area contributed by atoms with Crippen molar-refractivity contribution in [3.63, 3.8) is 0 Å². The highest BCUT2D eigenvalue weighted by atomic mass is 32.1. The lowest BCUT2D eigenvalue weighted by molar-refractivity contribution is 0.0954. The summed E-state index contributed by atoms with van der Waals surface area (Å²) >= 11 is 3.08. The molecule has 0 aliphatic carbocycles. The van der Waals surface area contributed by atoms with Crippen molar-refractivity contribution in [2.75, 3.05) is 0 Å². The van der Waals surface area contributed by atoms with Crippen LogP contribution < -0.4 is 5.32 Å². The topological polar surface area (TPSA) is 42.0 Å². The first kappa shape index (κ1) is 14.9. The largest absolute Gasteiger partial charge is 0.347 e. The Labute approximate surface area is 137 Å². The highest BCUT2D eigenvalue weighted by Gasteiger charge is 2.16. The summed E-state index contributed by atoms with van der Waals surface area (Å²) < 4.78 is 0.